The molecule has 2 heterocycles. The highest BCUT2D eigenvalue weighted by atomic mass is 16.5. The molecule has 22 heavy (non-hydrogen) atoms. The van der Waals surface area contributed by atoms with Gasteiger partial charge in [-0.3, -0.25) is 4.79 Å². The minimum atomic E-state index is 0.00139. The number of hydrogen-bond donors (Lipinski definition) is 0. The van der Waals surface area contributed by atoms with Gasteiger partial charge < -0.3 is 14.1 Å². The highest BCUT2D eigenvalue weighted by Gasteiger charge is 2.31. The number of aryl methyl sites for hydroxylation is 1. The number of amides is 1. The molecule has 1 aromatic carbocycles. The van der Waals surface area contributed by atoms with E-state index in [-0.39, 0.29) is 18.1 Å². The Hall–Kier alpha value is -2.07. The normalized spacial score (nSPS) is 21.8. The third-order valence-electron chi connectivity index (χ3n) is 4.04. The van der Waals surface area contributed by atoms with Gasteiger partial charge >= 0.3 is 0 Å². The first kappa shape index (κ1) is 14.9. The Morgan fingerprint density at radius 3 is 2.77 bits per heavy atom. The van der Waals surface area contributed by atoms with Crippen molar-refractivity contribution in [1.29, 1.82) is 0 Å². The summed E-state index contributed by atoms with van der Waals surface area (Å²) in [5.41, 5.74) is 1.13. The molecule has 3 rings (SSSR count). The number of benzene rings is 1. The van der Waals surface area contributed by atoms with Crippen LogP contribution in [-0.4, -0.2) is 30.1 Å². The van der Waals surface area contributed by atoms with E-state index >= 15 is 0 Å². The summed E-state index contributed by atoms with van der Waals surface area (Å²) in [6.45, 7) is 3.20. The van der Waals surface area contributed by atoms with Crippen LogP contribution in [0.3, 0.4) is 0 Å². The minimum absolute atomic E-state index is 0.00139. The lowest BCUT2D eigenvalue weighted by molar-refractivity contribution is -0.144. The van der Waals surface area contributed by atoms with Crippen LogP contribution in [0.15, 0.2) is 53.1 Å². The number of carbonyl (C=O) groups is 1. The van der Waals surface area contributed by atoms with Crippen molar-refractivity contribution in [2.24, 2.45) is 0 Å². The molecule has 2 unspecified atom stereocenters. The largest absolute Gasteiger partial charge is 0.469 e. The van der Waals surface area contributed by atoms with E-state index in [9.17, 15) is 4.79 Å². The van der Waals surface area contributed by atoms with Crippen molar-refractivity contribution in [3.8, 4) is 0 Å². The fourth-order valence-corrected chi connectivity index (χ4v) is 2.86. The number of morpholine rings is 1. The molecule has 1 aliphatic rings. The molecule has 2 aromatic rings. The summed E-state index contributed by atoms with van der Waals surface area (Å²) in [4.78, 5) is 14.6. The summed E-state index contributed by atoms with van der Waals surface area (Å²) < 4.78 is 11.1. The van der Waals surface area contributed by atoms with Gasteiger partial charge in [-0.2, -0.15) is 0 Å². The predicted molar refractivity (Wildman–Crippen MR) is 83.3 cm³/mol. The van der Waals surface area contributed by atoms with Crippen LogP contribution in [0.25, 0.3) is 0 Å². The number of furan rings is 1. The second-order valence-corrected chi connectivity index (χ2v) is 5.70. The lowest BCUT2D eigenvalue weighted by Crippen LogP contribution is -2.46. The molecule has 1 amide bonds. The Morgan fingerprint density at radius 2 is 2.05 bits per heavy atom. The maximum Gasteiger partial charge on any atom is 0.223 e. The zero-order valence-electron chi connectivity index (χ0n) is 12.8. The quantitative estimate of drug-likeness (QED) is 0.870. The van der Waals surface area contributed by atoms with Gasteiger partial charge in [0.2, 0.25) is 5.91 Å². The standard InChI is InChI=1S/C18H21NO3/c1-14-12-19(18(20)10-9-16-8-5-11-21-16)17(13-22-14)15-6-3-2-4-7-15/h2-8,11,14,17H,9-10,12-13H2,1H3. The van der Waals surface area contributed by atoms with Crippen LogP contribution in [0.5, 0.6) is 0 Å². The first-order valence-electron chi connectivity index (χ1n) is 7.72. The van der Waals surface area contributed by atoms with Crippen molar-refractivity contribution in [3.63, 3.8) is 0 Å². The Morgan fingerprint density at radius 1 is 1.23 bits per heavy atom. The summed E-state index contributed by atoms with van der Waals surface area (Å²) in [6.07, 6.45) is 2.82. The predicted octanol–water partition coefficient (Wildman–Crippen LogP) is 3.20. The highest BCUT2D eigenvalue weighted by molar-refractivity contribution is 5.77. The topological polar surface area (TPSA) is 42.7 Å². The van der Waals surface area contributed by atoms with Crippen molar-refractivity contribution in [1.82, 2.24) is 4.90 Å². The van der Waals surface area contributed by atoms with E-state index in [2.05, 4.69) is 12.1 Å². The molecule has 1 fully saturated rings. The Bertz CT molecular complexity index is 594. The molecule has 1 aliphatic heterocycles. The van der Waals surface area contributed by atoms with Crippen molar-refractivity contribution < 1.29 is 13.9 Å². The second-order valence-electron chi connectivity index (χ2n) is 5.70. The molecule has 4 nitrogen and oxygen atoms in total. The number of nitrogens with zero attached hydrogens (tertiary/aromatic N) is 1. The van der Waals surface area contributed by atoms with Crippen molar-refractivity contribution in [3.05, 3.63) is 60.1 Å². The molecule has 116 valence electrons. The molecule has 4 heteroatoms. The van der Waals surface area contributed by atoms with Gasteiger partial charge in [0.15, 0.2) is 0 Å². The van der Waals surface area contributed by atoms with Crippen LogP contribution in [-0.2, 0) is 16.0 Å². The van der Waals surface area contributed by atoms with E-state index in [0.717, 1.165) is 11.3 Å². The summed E-state index contributed by atoms with van der Waals surface area (Å²) in [6, 6.07) is 13.8. The van der Waals surface area contributed by atoms with E-state index in [1.54, 1.807) is 6.26 Å². The Labute approximate surface area is 130 Å². The third kappa shape index (κ3) is 3.39. The zero-order valence-corrected chi connectivity index (χ0v) is 12.8. The highest BCUT2D eigenvalue weighted by Crippen LogP contribution is 2.27. The van der Waals surface area contributed by atoms with Crippen LogP contribution in [0.4, 0.5) is 0 Å². The van der Waals surface area contributed by atoms with E-state index in [0.29, 0.717) is 26.0 Å². The summed E-state index contributed by atoms with van der Waals surface area (Å²) in [5, 5.41) is 0. The molecule has 0 spiro atoms. The zero-order chi connectivity index (χ0) is 15.4. The fourth-order valence-electron chi connectivity index (χ4n) is 2.86. The smallest absolute Gasteiger partial charge is 0.223 e. The average Bonchev–Trinajstić information content (AvgIpc) is 3.07. The molecule has 0 radical (unpaired) electrons. The minimum Gasteiger partial charge on any atom is -0.469 e. The maximum absolute atomic E-state index is 12.7. The average molecular weight is 299 g/mol. The van der Waals surface area contributed by atoms with E-state index in [1.807, 2.05) is 42.2 Å². The molecular weight excluding hydrogens is 278 g/mol. The lowest BCUT2D eigenvalue weighted by atomic mass is 10.0. The molecule has 0 aliphatic carbocycles. The summed E-state index contributed by atoms with van der Waals surface area (Å²) in [5.74, 6) is 1.01. The Kier molecular flexibility index (Phi) is 4.59. The molecule has 2 atom stereocenters. The van der Waals surface area contributed by atoms with Gasteiger partial charge in [0, 0.05) is 19.4 Å². The van der Waals surface area contributed by atoms with Crippen LogP contribution >= 0.6 is 0 Å². The number of hydrogen-bond acceptors (Lipinski definition) is 3. The Balaban J connectivity index is 1.70. The van der Waals surface area contributed by atoms with Crippen LogP contribution in [0, 0.1) is 0 Å². The van der Waals surface area contributed by atoms with Crippen molar-refractivity contribution in [2.75, 3.05) is 13.2 Å². The lowest BCUT2D eigenvalue weighted by Gasteiger charge is -2.39. The number of rotatable bonds is 4. The van der Waals surface area contributed by atoms with Crippen molar-refractivity contribution in [2.45, 2.75) is 31.9 Å². The van der Waals surface area contributed by atoms with Crippen LogP contribution in [0.2, 0.25) is 0 Å². The van der Waals surface area contributed by atoms with Crippen LogP contribution < -0.4 is 0 Å². The monoisotopic (exact) mass is 299 g/mol. The van der Waals surface area contributed by atoms with E-state index in [1.165, 1.54) is 0 Å². The number of carbonyl (C=O) groups excluding carboxylic acids is 1. The second kappa shape index (κ2) is 6.79. The summed E-state index contributed by atoms with van der Waals surface area (Å²) >= 11 is 0. The fraction of sp³-hybridized carbons (Fsp3) is 0.389. The molecule has 0 N–H and O–H groups in total. The third-order valence-corrected chi connectivity index (χ3v) is 4.04. The van der Waals surface area contributed by atoms with Gasteiger partial charge in [0.05, 0.1) is 25.0 Å². The summed E-state index contributed by atoms with van der Waals surface area (Å²) in [7, 11) is 0. The number of ether oxygens (including phenoxy) is 1. The molecule has 1 aromatic heterocycles. The van der Waals surface area contributed by atoms with Gasteiger partial charge in [-0.1, -0.05) is 30.3 Å². The van der Waals surface area contributed by atoms with Gasteiger partial charge in [-0.05, 0) is 24.6 Å². The van der Waals surface area contributed by atoms with Gasteiger partial charge in [0.25, 0.3) is 0 Å². The first-order valence-corrected chi connectivity index (χ1v) is 7.72. The van der Waals surface area contributed by atoms with Gasteiger partial charge in [-0.25, -0.2) is 0 Å². The first-order chi connectivity index (χ1) is 10.7. The molecule has 1 saturated heterocycles. The van der Waals surface area contributed by atoms with Gasteiger partial charge in [0.1, 0.15) is 5.76 Å². The van der Waals surface area contributed by atoms with Crippen molar-refractivity contribution >= 4 is 5.91 Å². The maximum atomic E-state index is 12.7. The van der Waals surface area contributed by atoms with E-state index < -0.39 is 0 Å². The molecule has 0 saturated carbocycles. The van der Waals surface area contributed by atoms with Crippen LogP contribution in [0.1, 0.15) is 30.7 Å². The molecule has 0 bridgehead atoms. The van der Waals surface area contributed by atoms with E-state index in [4.69, 9.17) is 9.15 Å². The molecular formula is C18H21NO3. The van der Waals surface area contributed by atoms with Gasteiger partial charge in [-0.15, -0.1) is 0 Å². The SMILES string of the molecule is CC1CN(C(=O)CCc2ccco2)C(c2ccccc2)CO1.